The standard InChI is InChI=1S/C15H21ClFN3/c16-13-4-1-11(9-14(13)17)15(10-18)20-7-5-19(6-8-20)12-2-3-12/h1,4,9,12,15H,2-3,5-8,10,18H2. The molecule has 2 N–H and O–H groups in total. The number of hydrogen-bond acceptors (Lipinski definition) is 3. The molecule has 1 aliphatic carbocycles. The van der Waals surface area contributed by atoms with Crippen molar-refractivity contribution in [3.8, 4) is 0 Å². The summed E-state index contributed by atoms with van der Waals surface area (Å²) in [7, 11) is 0. The third-order valence-corrected chi connectivity index (χ3v) is 4.71. The molecule has 110 valence electrons. The van der Waals surface area contributed by atoms with Gasteiger partial charge in [0.15, 0.2) is 0 Å². The van der Waals surface area contributed by atoms with Crippen LogP contribution in [0.5, 0.6) is 0 Å². The lowest BCUT2D eigenvalue weighted by Gasteiger charge is -2.39. The van der Waals surface area contributed by atoms with Crippen molar-refractivity contribution >= 4 is 11.6 Å². The van der Waals surface area contributed by atoms with Gasteiger partial charge in [-0.1, -0.05) is 17.7 Å². The summed E-state index contributed by atoms with van der Waals surface area (Å²) in [6.07, 6.45) is 2.70. The van der Waals surface area contributed by atoms with Crippen molar-refractivity contribution in [1.82, 2.24) is 9.80 Å². The van der Waals surface area contributed by atoms with Gasteiger partial charge in [-0.25, -0.2) is 4.39 Å². The molecule has 1 unspecified atom stereocenters. The molecule has 5 heteroatoms. The molecule has 1 aromatic carbocycles. The van der Waals surface area contributed by atoms with E-state index >= 15 is 0 Å². The van der Waals surface area contributed by atoms with Crippen LogP contribution in [0.25, 0.3) is 0 Å². The van der Waals surface area contributed by atoms with E-state index in [-0.39, 0.29) is 16.9 Å². The molecule has 0 radical (unpaired) electrons. The summed E-state index contributed by atoms with van der Waals surface area (Å²) in [5, 5.41) is 0.170. The Kier molecular flexibility index (Phi) is 4.26. The zero-order valence-corrected chi connectivity index (χ0v) is 12.3. The fourth-order valence-corrected chi connectivity index (χ4v) is 3.19. The number of rotatable bonds is 4. The van der Waals surface area contributed by atoms with Gasteiger partial charge in [-0.15, -0.1) is 0 Å². The average Bonchev–Trinajstić information content (AvgIpc) is 3.29. The fourth-order valence-electron chi connectivity index (χ4n) is 3.07. The molecule has 3 nitrogen and oxygen atoms in total. The van der Waals surface area contributed by atoms with E-state index < -0.39 is 0 Å². The van der Waals surface area contributed by atoms with Gasteiger partial charge < -0.3 is 5.73 Å². The molecule has 1 heterocycles. The normalized spacial score (nSPS) is 22.9. The van der Waals surface area contributed by atoms with E-state index in [2.05, 4.69) is 9.80 Å². The molecule has 0 aromatic heterocycles. The maximum atomic E-state index is 13.6. The molecule has 2 fully saturated rings. The maximum absolute atomic E-state index is 13.6. The van der Waals surface area contributed by atoms with Gasteiger partial charge in [0.25, 0.3) is 0 Å². The minimum atomic E-state index is -0.362. The first-order valence-corrected chi connectivity index (χ1v) is 7.70. The van der Waals surface area contributed by atoms with E-state index in [1.54, 1.807) is 6.07 Å². The summed E-state index contributed by atoms with van der Waals surface area (Å²) in [6.45, 7) is 4.70. The van der Waals surface area contributed by atoms with Crippen molar-refractivity contribution in [3.63, 3.8) is 0 Å². The Morgan fingerprint density at radius 1 is 1.25 bits per heavy atom. The van der Waals surface area contributed by atoms with Gasteiger partial charge in [-0.05, 0) is 30.5 Å². The SMILES string of the molecule is NCC(c1ccc(Cl)c(F)c1)N1CCN(C2CC2)CC1. The molecule has 20 heavy (non-hydrogen) atoms. The summed E-state index contributed by atoms with van der Waals surface area (Å²) in [4.78, 5) is 4.92. The predicted octanol–water partition coefficient (Wildman–Crippen LogP) is 2.26. The molecule has 1 atom stereocenters. The first-order chi connectivity index (χ1) is 9.69. The lowest BCUT2D eigenvalue weighted by Crippen LogP contribution is -2.49. The second kappa shape index (κ2) is 5.98. The highest BCUT2D eigenvalue weighted by Gasteiger charge is 2.32. The van der Waals surface area contributed by atoms with Crippen LogP contribution in [-0.4, -0.2) is 48.6 Å². The van der Waals surface area contributed by atoms with E-state index in [9.17, 15) is 4.39 Å². The first-order valence-electron chi connectivity index (χ1n) is 7.32. The van der Waals surface area contributed by atoms with Crippen LogP contribution in [-0.2, 0) is 0 Å². The minimum absolute atomic E-state index is 0.0862. The Labute approximate surface area is 124 Å². The largest absolute Gasteiger partial charge is 0.329 e. The molecule has 3 rings (SSSR count). The Balaban J connectivity index is 1.68. The van der Waals surface area contributed by atoms with Gasteiger partial charge in [-0.3, -0.25) is 9.80 Å². The second-order valence-corrected chi connectivity index (χ2v) is 6.14. The highest BCUT2D eigenvalue weighted by molar-refractivity contribution is 6.30. The van der Waals surface area contributed by atoms with E-state index in [1.807, 2.05) is 6.07 Å². The van der Waals surface area contributed by atoms with Crippen molar-refractivity contribution in [3.05, 3.63) is 34.6 Å². The highest BCUT2D eigenvalue weighted by atomic mass is 35.5. The van der Waals surface area contributed by atoms with Gasteiger partial charge in [0.05, 0.1) is 5.02 Å². The van der Waals surface area contributed by atoms with Crippen LogP contribution in [0.15, 0.2) is 18.2 Å². The zero-order chi connectivity index (χ0) is 14.1. The van der Waals surface area contributed by atoms with E-state index in [0.717, 1.165) is 37.8 Å². The van der Waals surface area contributed by atoms with Crippen LogP contribution in [0.1, 0.15) is 24.4 Å². The molecule has 1 aliphatic heterocycles. The molecule has 0 bridgehead atoms. The number of nitrogens with zero attached hydrogens (tertiary/aromatic N) is 2. The molecule has 0 amide bonds. The van der Waals surface area contributed by atoms with Crippen molar-refractivity contribution in [2.45, 2.75) is 24.9 Å². The lowest BCUT2D eigenvalue weighted by molar-refractivity contribution is 0.0937. The summed E-state index contributed by atoms with van der Waals surface area (Å²) in [5.41, 5.74) is 6.85. The fraction of sp³-hybridized carbons (Fsp3) is 0.600. The molecule has 1 saturated carbocycles. The van der Waals surface area contributed by atoms with Crippen molar-refractivity contribution in [2.75, 3.05) is 32.7 Å². The summed E-state index contributed by atoms with van der Waals surface area (Å²) in [6, 6.07) is 5.93. The average molecular weight is 298 g/mol. The number of piperazine rings is 1. The Hall–Kier alpha value is -0.680. The number of hydrogen-bond donors (Lipinski definition) is 1. The zero-order valence-electron chi connectivity index (χ0n) is 11.6. The minimum Gasteiger partial charge on any atom is -0.329 e. The molecule has 1 aromatic rings. The van der Waals surface area contributed by atoms with Gasteiger partial charge in [0, 0.05) is 44.8 Å². The van der Waals surface area contributed by atoms with Crippen LogP contribution >= 0.6 is 11.6 Å². The van der Waals surface area contributed by atoms with Crippen LogP contribution in [0, 0.1) is 5.82 Å². The number of benzene rings is 1. The molecule has 0 spiro atoms. The predicted molar refractivity (Wildman–Crippen MR) is 79.4 cm³/mol. The monoisotopic (exact) mass is 297 g/mol. The van der Waals surface area contributed by atoms with E-state index in [1.165, 1.54) is 18.9 Å². The third-order valence-electron chi connectivity index (χ3n) is 4.40. The Morgan fingerprint density at radius 2 is 1.95 bits per heavy atom. The number of nitrogens with two attached hydrogens (primary N) is 1. The topological polar surface area (TPSA) is 32.5 Å². The molecule has 2 aliphatic rings. The highest BCUT2D eigenvalue weighted by Crippen LogP contribution is 2.30. The van der Waals surface area contributed by atoms with Gasteiger partial charge in [-0.2, -0.15) is 0 Å². The second-order valence-electron chi connectivity index (χ2n) is 5.73. The molecule has 1 saturated heterocycles. The lowest BCUT2D eigenvalue weighted by atomic mass is 10.0. The van der Waals surface area contributed by atoms with E-state index in [0.29, 0.717) is 6.54 Å². The third kappa shape index (κ3) is 2.98. The number of halogens is 2. The van der Waals surface area contributed by atoms with Crippen LogP contribution in [0.4, 0.5) is 4.39 Å². The summed E-state index contributed by atoms with van der Waals surface area (Å²) < 4.78 is 13.6. The summed E-state index contributed by atoms with van der Waals surface area (Å²) in [5.74, 6) is -0.362. The van der Waals surface area contributed by atoms with Crippen LogP contribution in [0.3, 0.4) is 0 Å². The van der Waals surface area contributed by atoms with Crippen LogP contribution in [0.2, 0.25) is 5.02 Å². The maximum Gasteiger partial charge on any atom is 0.142 e. The van der Waals surface area contributed by atoms with Crippen molar-refractivity contribution in [1.29, 1.82) is 0 Å². The van der Waals surface area contributed by atoms with E-state index in [4.69, 9.17) is 17.3 Å². The molecular weight excluding hydrogens is 277 g/mol. The Bertz CT molecular complexity index is 470. The van der Waals surface area contributed by atoms with Crippen LogP contribution < -0.4 is 5.73 Å². The summed E-state index contributed by atoms with van der Waals surface area (Å²) >= 11 is 5.75. The van der Waals surface area contributed by atoms with Gasteiger partial charge >= 0.3 is 0 Å². The van der Waals surface area contributed by atoms with Gasteiger partial charge in [0.2, 0.25) is 0 Å². The quantitative estimate of drug-likeness (QED) is 0.925. The van der Waals surface area contributed by atoms with Crippen molar-refractivity contribution in [2.24, 2.45) is 5.73 Å². The molecular formula is C15H21ClFN3. The first kappa shape index (κ1) is 14.3. The Morgan fingerprint density at radius 3 is 2.50 bits per heavy atom. The smallest absolute Gasteiger partial charge is 0.142 e. The van der Waals surface area contributed by atoms with Crippen molar-refractivity contribution < 1.29 is 4.39 Å². The van der Waals surface area contributed by atoms with Gasteiger partial charge in [0.1, 0.15) is 5.82 Å².